The molecule has 0 saturated carbocycles. The molecule has 2 aromatic rings. The van der Waals surface area contributed by atoms with Gasteiger partial charge < -0.3 is 11.1 Å². The van der Waals surface area contributed by atoms with Crippen molar-refractivity contribution in [1.29, 1.82) is 0 Å². The third-order valence-electron chi connectivity index (χ3n) is 2.11. The SMILES string of the molecule is NC(=S)c1ccnc(NCc2ccncc2)n1. The Morgan fingerprint density at radius 3 is 2.71 bits per heavy atom. The van der Waals surface area contributed by atoms with E-state index in [2.05, 4.69) is 20.3 Å². The van der Waals surface area contributed by atoms with Crippen LogP contribution in [-0.4, -0.2) is 19.9 Å². The van der Waals surface area contributed by atoms with Gasteiger partial charge in [-0.05, 0) is 23.8 Å². The van der Waals surface area contributed by atoms with E-state index in [0.717, 1.165) is 5.56 Å². The summed E-state index contributed by atoms with van der Waals surface area (Å²) >= 11 is 4.85. The van der Waals surface area contributed by atoms with Gasteiger partial charge in [-0.15, -0.1) is 0 Å². The van der Waals surface area contributed by atoms with Crippen LogP contribution >= 0.6 is 12.2 Å². The van der Waals surface area contributed by atoms with Crippen molar-refractivity contribution in [2.75, 3.05) is 5.32 Å². The van der Waals surface area contributed by atoms with Crippen LogP contribution in [0.1, 0.15) is 11.3 Å². The molecule has 0 aromatic carbocycles. The Labute approximate surface area is 104 Å². The van der Waals surface area contributed by atoms with Gasteiger partial charge in [-0.3, -0.25) is 4.98 Å². The molecule has 0 amide bonds. The lowest BCUT2D eigenvalue weighted by Crippen LogP contribution is -2.13. The van der Waals surface area contributed by atoms with Gasteiger partial charge in [0.05, 0.1) is 0 Å². The predicted molar refractivity (Wildman–Crippen MR) is 69.5 cm³/mol. The van der Waals surface area contributed by atoms with Crippen LogP contribution in [0.4, 0.5) is 5.95 Å². The van der Waals surface area contributed by atoms with E-state index in [1.807, 2.05) is 12.1 Å². The highest BCUT2D eigenvalue weighted by atomic mass is 32.1. The second-order valence-corrected chi connectivity index (χ2v) is 3.78. The molecular formula is C11H11N5S. The molecule has 0 unspecified atom stereocenters. The van der Waals surface area contributed by atoms with Gasteiger partial charge in [0.25, 0.3) is 0 Å². The first-order valence-electron chi connectivity index (χ1n) is 5.01. The summed E-state index contributed by atoms with van der Waals surface area (Å²) in [5, 5.41) is 3.09. The number of hydrogen-bond acceptors (Lipinski definition) is 5. The molecule has 0 fully saturated rings. The van der Waals surface area contributed by atoms with Gasteiger partial charge in [-0.1, -0.05) is 12.2 Å². The minimum absolute atomic E-state index is 0.263. The normalized spacial score (nSPS) is 9.88. The van der Waals surface area contributed by atoms with Gasteiger partial charge in [0, 0.05) is 25.1 Å². The summed E-state index contributed by atoms with van der Waals surface area (Å²) in [6.07, 6.45) is 5.10. The monoisotopic (exact) mass is 245 g/mol. The highest BCUT2D eigenvalue weighted by Gasteiger charge is 2.01. The highest BCUT2D eigenvalue weighted by molar-refractivity contribution is 7.80. The van der Waals surface area contributed by atoms with Gasteiger partial charge in [0.2, 0.25) is 5.95 Å². The van der Waals surface area contributed by atoms with E-state index >= 15 is 0 Å². The number of pyridine rings is 1. The van der Waals surface area contributed by atoms with Gasteiger partial charge in [0.15, 0.2) is 0 Å². The Hall–Kier alpha value is -2.08. The molecule has 0 saturated heterocycles. The number of nitrogens with one attached hydrogen (secondary N) is 1. The number of nitrogens with two attached hydrogens (primary N) is 1. The predicted octanol–water partition coefficient (Wildman–Crippen LogP) is 1.12. The quantitative estimate of drug-likeness (QED) is 0.786. The fourth-order valence-corrected chi connectivity index (χ4v) is 1.38. The second kappa shape index (κ2) is 5.31. The molecule has 2 rings (SSSR count). The molecule has 0 aliphatic carbocycles. The number of nitrogens with zero attached hydrogens (tertiary/aromatic N) is 3. The summed E-state index contributed by atoms with van der Waals surface area (Å²) in [4.78, 5) is 12.5. The maximum atomic E-state index is 5.50. The lowest BCUT2D eigenvalue weighted by atomic mass is 10.3. The Kier molecular flexibility index (Phi) is 3.56. The maximum absolute atomic E-state index is 5.50. The van der Waals surface area contributed by atoms with E-state index in [1.54, 1.807) is 24.7 Å². The van der Waals surface area contributed by atoms with Crippen molar-refractivity contribution < 1.29 is 0 Å². The molecular weight excluding hydrogens is 234 g/mol. The van der Waals surface area contributed by atoms with E-state index in [-0.39, 0.29) is 4.99 Å². The standard InChI is InChI=1S/C11H11N5S/c12-10(17)9-3-6-14-11(16-9)15-7-8-1-4-13-5-2-8/h1-6H,7H2,(H2,12,17)(H,14,15,16). The number of aromatic nitrogens is 3. The van der Waals surface area contributed by atoms with E-state index in [1.165, 1.54) is 0 Å². The van der Waals surface area contributed by atoms with Crippen LogP contribution in [0.15, 0.2) is 36.8 Å². The van der Waals surface area contributed by atoms with Crippen LogP contribution in [0.5, 0.6) is 0 Å². The fourth-order valence-electron chi connectivity index (χ4n) is 1.26. The van der Waals surface area contributed by atoms with Crippen LogP contribution in [0, 0.1) is 0 Å². The van der Waals surface area contributed by atoms with E-state index < -0.39 is 0 Å². The summed E-state index contributed by atoms with van der Waals surface area (Å²) < 4.78 is 0. The summed E-state index contributed by atoms with van der Waals surface area (Å²) in [7, 11) is 0. The number of thiocarbonyl (C=S) groups is 1. The van der Waals surface area contributed by atoms with Crippen molar-refractivity contribution in [3.8, 4) is 0 Å². The van der Waals surface area contributed by atoms with Crippen molar-refractivity contribution in [3.05, 3.63) is 48.0 Å². The van der Waals surface area contributed by atoms with Gasteiger partial charge in [-0.2, -0.15) is 0 Å². The Balaban J connectivity index is 2.04. The van der Waals surface area contributed by atoms with Crippen LogP contribution in [0.2, 0.25) is 0 Å². The molecule has 0 spiro atoms. The van der Waals surface area contributed by atoms with Crippen molar-refractivity contribution >= 4 is 23.2 Å². The Morgan fingerprint density at radius 2 is 2.00 bits per heavy atom. The zero-order valence-corrected chi connectivity index (χ0v) is 9.81. The second-order valence-electron chi connectivity index (χ2n) is 3.34. The van der Waals surface area contributed by atoms with Crippen molar-refractivity contribution in [1.82, 2.24) is 15.0 Å². The summed E-state index contributed by atoms with van der Waals surface area (Å²) in [5.41, 5.74) is 7.16. The van der Waals surface area contributed by atoms with E-state index in [9.17, 15) is 0 Å². The zero-order valence-electron chi connectivity index (χ0n) is 9.00. The molecule has 6 heteroatoms. The molecule has 0 bridgehead atoms. The first-order valence-corrected chi connectivity index (χ1v) is 5.42. The molecule has 2 aromatic heterocycles. The third kappa shape index (κ3) is 3.18. The van der Waals surface area contributed by atoms with Gasteiger partial charge >= 0.3 is 0 Å². The topological polar surface area (TPSA) is 76.7 Å². The molecule has 0 aliphatic heterocycles. The summed E-state index contributed by atoms with van der Waals surface area (Å²) in [5.74, 6) is 0.507. The molecule has 0 aliphatic rings. The average Bonchev–Trinajstić information content (AvgIpc) is 2.38. The van der Waals surface area contributed by atoms with Crippen molar-refractivity contribution in [3.63, 3.8) is 0 Å². The lowest BCUT2D eigenvalue weighted by Gasteiger charge is -2.05. The molecule has 17 heavy (non-hydrogen) atoms. The first kappa shape index (κ1) is 11.4. The molecule has 2 heterocycles. The van der Waals surface area contributed by atoms with E-state index in [4.69, 9.17) is 18.0 Å². The van der Waals surface area contributed by atoms with Crippen molar-refractivity contribution in [2.24, 2.45) is 5.73 Å². The Bertz CT molecular complexity index is 514. The number of anilines is 1. The van der Waals surface area contributed by atoms with Crippen LogP contribution in [-0.2, 0) is 6.54 Å². The summed E-state index contributed by atoms with van der Waals surface area (Å²) in [6.45, 7) is 0.628. The molecule has 3 N–H and O–H groups in total. The average molecular weight is 245 g/mol. The first-order chi connectivity index (χ1) is 8.25. The van der Waals surface area contributed by atoms with Crippen LogP contribution in [0.25, 0.3) is 0 Å². The molecule has 0 radical (unpaired) electrons. The zero-order chi connectivity index (χ0) is 12.1. The molecule has 0 atom stereocenters. The number of rotatable bonds is 4. The minimum atomic E-state index is 0.263. The van der Waals surface area contributed by atoms with Crippen LogP contribution < -0.4 is 11.1 Å². The highest BCUT2D eigenvalue weighted by Crippen LogP contribution is 2.03. The van der Waals surface area contributed by atoms with Gasteiger partial charge in [0.1, 0.15) is 10.7 Å². The lowest BCUT2D eigenvalue weighted by molar-refractivity contribution is 1.04. The van der Waals surface area contributed by atoms with Crippen molar-refractivity contribution in [2.45, 2.75) is 6.54 Å². The van der Waals surface area contributed by atoms with E-state index in [0.29, 0.717) is 18.2 Å². The molecule has 5 nitrogen and oxygen atoms in total. The third-order valence-corrected chi connectivity index (χ3v) is 2.32. The Morgan fingerprint density at radius 1 is 1.24 bits per heavy atom. The maximum Gasteiger partial charge on any atom is 0.223 e. The number of hydrogen-bond donors (Lipinski definition) is 2. The largest absolute Gasteiger partial charge is 0.388 e. The minimum Gasteiger partial charge on any atom is -0.388 e. The molecule has 86 valence electrons. The van der Waals surface area contributed by atoms with Gasteiger partial charge in [-0.25, -0.2) is 9.97 Å². The van der Waals surface area contributed by atoms with Crippen LogP contribution in [0.3, 0.4) is 0 Å². The fraction of sp³-hybridized carbons (Fsp3) is 0.0909. The smallest absolute Gasteiger partial charge is 0.223 e. The summed E-state index contributed by atoms with van der Waals surface area (Å²) in [6, 6.07) is 5.52.